The molecule has 15 heavy (non-hydrogen) atoms. The second kappa shape index (κ2) is 3.95. The minimum atomic E-state index is -0.140. The van der Waals surface area contributed by atoms with Crippen molar-refractivity contribution in [2.45, 2.75) is 33.1 Å². The molecule has 0 aromatic heterocycles. The Labute approximate surface area is 90.2 Å². The second-order valence-corrected chi connectivity index (χ2v) is 5.07. The van der Waals surface area contributed by atoms with E-state index in [0.717, 1.165) is 12.8 Å². The summed E-state index contributed by atoms with van der Waals surface area (Å²) in [7, 11) is 0. The Morgan fingerprint density at radius 3 is 2.80 bits per heavy atom. The van der Waals surface area contributed by atoms with Gasteiger partial charge in [-0.25, -0.2) is 0 Å². The third kappa shape index (κ3) is 2.06. The van der Waals surface area contributed by atoms with E-state index in [0.29, 0.717) is 24.9 Å². The number of hydrogen-bond acceptors (Lipinski definition) is 3. The number of fused-ring (bicyclic) bond motifs is 1. The molecule has 2 aliphatic carbocycles. The van der Waals surface area contributed by atoms with E-state index in [4.69, 9.17) is 4.74 Å². The predicted molar refractivity (Wildman–Crippen MR) is 55.1 cm³/mol. The number of Topliss-reactive ketones (excluding diaryl/α,β-unsaturated/α-hetero) is 1. The van der Waals surface area contributed by atoms with Crippen molar-refractivity contribution < 1.29 is 14.3 Å². The van der Waals surface area contributed by atoms with Gasteiger partial charge in [0.15, 0.2) is 0 Å². The van der Waals surface area contributed by atoms with Crippen LogP contribution in [-0.2, 0) is 14.3 Å². The first-order chi connectivity index (χ1) is 7.11. The van der Waals surface area contributed by atoms with Gasteiger partial charge in [0.05, 0.1) is 12.5 Å². The topological polar surface area (TPSA) is 43.4 Å². The van der Waals surface area contributed by atoms with Crippen molar-refractivity contribution in [1.29, 1.82) is 0 Å². The van der Waals surface area contributed by atoms with Gasteiger partial charge >= 0.3 is 5.97 Å². The molecule has 2 saturated carbocycles. The minimum absolute atomic E-state index is 0.0246. The van der Waals surface area contributed by atoms with E-state index >= 15 is 0 Å². The molecule has 0 amide bonds. The van der Waals surface area contributed by atoms with Gasteiger partial charge < -0.3 is 4.74 Å². The molecule has 3 unspecified atom stereocenters. The molecule has 3 nitrogen and oxygen atoms in total. The number of carbonyl (C=O) groups excluding carboxylic acids is 2. The van der Waals surface area contributed by atoms with Crippen molar-refractivity contribution >= 4 is 11.8 Å². The van der Waals surface area contributed by atoms with Gasteiger partial charge in [0.2, 0.25) is 0 Å². The highest BCUT2D eigenvalue weighted by Gasteiger charge is 2.62. The molecule has 2 rings (SSSR count). The Bertz CT molecular complexity index is 283. The molecule has 0 spiro atoms. The zero-order valence-electron chi connectivity index (χ0n) is 9.36. The van der Waals surface area contributed by atoms with Crippen LogP contribution < -0.4 is 0 Å². The minimum Gasteiger partial charge on any atom is -0.465 e. The summed E-state index contributed by atoms with van der Waals surface area (Å²) in [6.07, 6.45) is 2.47. The van der Waals surface area contributed by atoms with Crippen LogP contribution in [0.2, 0.25) is 0 Å². The first kappa shape index (κ1) is 10.7. The molecule has 3 heteroatoms. The average Bonchev–Trinajstić information content (AvgIpc) is 2.77. The van der Waals surface area contributed by atoms with E-state index in [1.165, 1.54) is 0 Å². The maximum atomic E-state index is 11.6. The molecule has 0 aromatic carbocycles. The summed E-state index contributed by atoms with van der Waals surface area (Å²) in [5.41, 5.74) is 0. The first-order valence-corrected chi connectivity index (χ1v) is 5.80. The summed E-state index contributed by atoms with van der Waals surface area (Å²) >= 11 is 0. The van der Waals surface area contributed by atoms with Gasteiger partial charge in [-0.15, -0.1) is 0 Å². The molecule has 3 atom stereocenters. The van der Waals surface area contributed by atoms with Crippen LogP contribution in [0.25, 0.3) is 0 Å². The van der Waals surface area contributed by atoms with Crippen molar-refractivity contribution in [2.24, 2.45) is 23.7 Å². The van der Waals surface area contributed by atoms with Gasteiger partial charge in [0.1, 0.15) is 5.78 Å². The molecule has 0 aromatic rings. The van der Waals surface area contributed by atoms with Gasteiger partial charge in [0, 0.05) is 12.3 Å². The summed E-state index contributed by atoms with van der Waals surface area (Å²) in [5.74, 6) is 0.946. The summed E-state index contributed by atoms with van der Waals surface area (Å²) in [5, 5.41) is 0. The largest absolute Gasteiger partial charge is 0.465 e. The summed E-state index contributed by atoms with van der Waals surface area (Å²) < 4.78 is 5.17. The Morgan fingerprint density at radius 2 is 2.27 bits per heavy atom. The lowest BCUT2D eigenvalue weighted by atomic mass is 10.1. The van der Waals surface area contributed by atoms with E-state index in [2.05, 4.69) is 13.8 Å². The Kier molecular flexibility index (Phi) is 2.81. The van der Waals surface area contributed by atoms with E-state index in [1.807, 2.05) is 0 Å². The van der Waals surface area contributed by atoms with Gasteiger partial charge in [-0.2, -0.15) is 0 Å². The fraction of sp³-hybridized carbons (Fsp3) is 0.833. The van der Waals surface area contributed by atoms with Crippen LogP contribution in [0.1, 0.15) is 33.1 Å². The molecule has 0 N–H and O–H groups in total. The van der Waals surface area contributed by atoms with Crippen molar-refractivity contribution in [3.63, 3.8) is 0 Å². The zero-order valence-corrected chi connectivity index (χ0v) is 9.36. The summed E-state index contributed by atoms with van der Waals surface area (Å²) in [4.78, 5) is 22.9. The van der Waals surface area contributed by atoms with Crippen LogP contribution >= 0.6 is 0 Å². The highest BCUT2D eigenvalue weighted by molar-refractivity contribution is 5.94. The molecule has 2 aliphatic rings. The molecular weight excluding hydrogens is 192 g/mol. The monoisotopic (exact) mass is 210 g/mol. The predicted octanol–water partition coefficient (Wildman–Crippen LogP) is 1.80. The summed E-state index contributed by atoms with van der Waals surface area (Å²) in [6.45, 7) is 4.70. The number of carbonyl (C=O) groups is 2. The van der Waals surface area contributed by atoms with E-state index in [1.54, 1.807) is 0 Å². The Morgan fingerprint density at radius 1 is 1.53 bits per heavy atom. The van der Waals surface area contributed by atoms with Crippen LogP contribution in [0.3, 0.4) is 0 Å². The smallest absolute Gasteiger partial charge is 0.309 e. The van der Waals surface area contributed by atoms with Crippen LogP contribution in [0.5, 0.6) is 0 Å². The molecular formula is C12H18O3. The first-order valence-electron chi connectivity index (χ1n) is 5.80. The SMILES string of the molecule is CC(C)CCOC(=O)C1C2CCC(=O)C21. The number of rotatable bonds is 4. The van der Waals surface area contributed by atoms with E-state index < -0.39 is 0 Å². The lowest BCUT2D eigenvalue weighted by molar-refractivity contribution is -0.147. The van der Waals surface area contributed by atoms with Crippen LogP contribution in [0.4, 0.5) is 0 Å². The third-order valence-electron chi connectivity index (χ3n) is 3.48. The third-order valence-corrected chi connectivity index (χ3v) is 3.48. The van der Waals surface area contributed by atoms with Gasteiger partial charge in [-0.05, 0) is 24.7 Å². The van der Waals surface area contributed by atoms with Crippen molar-refractivity contribution in [2.75, 3.05) is 6.61 Å². The van der Waals surface area contributed by atoms with Crippen LogP contribution in [0, 0.1) is 23.7 Å². The maximum Gasteiger partial charge on any atom is 0.309 e. The average molecular weight is 210 g/mol. The molecule has 84 valence electrons. The lowest BCUT2D eigenvalue weighted by Gasteiger charge is -2.07. The number of hydrogen-bond donors (Lipinski definition) is 0. The van der Waals surface area contributed by atoms with Crippen LogP contribution in [0.15, 0.2) is 0 Å². The fourth-order valence-corrected chi connectivity index (χ4v) is 2.46. The molecule has 0 radical (unpaired) electrons. The normalized spacial score (nSPS) is 33.0. The summed E-state index contributed by atoms with van der Waals surface area (Å²) in [6, 6.07) is 0. The fourth-order valence-electron chi connectivity index (χ4n) is 2.46. The molecule has 0 saturated heterocycles. The highest BCUT2D eigenvalue weighted by atomic mass is 16.5. The molecule has 2 fully saturated rings. The zero-order chi connectivity index (χ0) is 11.0. The molecule has 0 bridgehead atoms. The maximum absolute atomic E-state index is 11.6. The Balaban J connectivity index is 1.73. The van der Waals surface area contributed by atoms with Gasteiger partial charge in [-0.1, -0.05) is 13.8 Å². The molecule has 0 heterocycles. The second-order valence-electron chi connectivity index (χ2n) is 5.07. The molecule has 0 aliphatic heterocycles. The van der Waals surface area contributed by atoms with E-state index in [9.17, 15) is 9.59 Å². The van der Waals surface area contributed by atoms with Gasteiger partial charge in [-0.3, -0.25) is 9.59 Å². The standard InChI is InChI=1S/C12H18O3/c1-7(2)5-6-15-12(14)11-8-3-4-9(13)10(8)11/h7-8,10-11H,3-6H2,1-2H3. The number of ether oxygens (including phenoxy) is 1. The quantitative estimate of drug-likeness (QED) is 0.664. The Hall–Kier alpha value is -0.860. The number of esters is 1. The van der Waals surface area contributed by atoms with Crippen LogP contribution in [-0.4, -0.2) is 18.4 Å². The van der Waals surface area contributed by atoms with Crippen molar-refractivity contribution in [1.82, 2.24) is 0 Å². The lowest BCUT2D eigenvalue weighted by Crippen LogP contribution is -2.14. The van der Waals surface area contributed by atoms with E-state index in [-0.39, 0.29) is 23.6 Å². The van der Waals surface area contributed by atoms with Crippen molar-refractivity contribution in [3.05, 3.63) is 0 Å². The number of ketones is 1. The van der Waals surface area contributed by atoms with Gasteiger partial charge in [0.25, 0.3) is 0 Å². The van der Waals surface area contributed by atoms with Crippen molar-refractivity contribution in [3.8, 4) is 0 Å². The highest BCUT2D eigenvalue weighted by Crippen LogP contribution is 2.55.